The van der Waals surface area contributed by atoms with Crippen LogP contribution < -0.4 is 24.4 Å². The van der Waals surface area contributed by atoms with E-state index < -0.39 is 0 Å². The summed E-state index contributed by atoms with van der Waals surface area (Å²) in [5.41, 5.74) is 1.70. The van der Waals surface area contributed by atoms with E-state index in [1.54, 1.807) is 33.5 Å². The lowest BCUT2D eigenvalue weighted by molar-refractivity contribution is -0.115. The number of hydrogen-bond acceptors (Lipinski definition) is 6. The second kappa shape index (κ2) is 8.23. The van der Waals surface area contributed by atoms with Gasteiger partial charge in [-0.2, -0.15) is 0 Å². The third-order valence-electron chi connectivity index (χ3n) is 4.11. The van der Waals surface area contributed by atoms with E-state index in [0.29, 0.717) is 22.9 Å². The van der Waals surface area contributed by atoms with E-state index >= 15 is 0 Å². The van der Waals surface area contributed by atoms with Crippen LogP contribution in [0.2, 0.25) is 0 Å². The molecule has 0 radical (unpaired) electrons. The molecule has 0 aromatic heterocycles. The van der Waals surface area contributed by atoms with E-state index in [-0.39, 0.29) is 12.5 Å². The van der Waals surface area contributed by atoms with Crippen LogP contribution in [-0.4, -0.2) is 46.1 Å². The van der Waals surface area contributed by atoms with Gasteiger partial charge in [0.15, 0.2) is 11.5 Å². The molecule has 2 aromatic rings. The molecule has 0 spiro atoms. The smallest absolute Gasteiger partial charge is 0.243 e. The van der Waals surface area contributed by atoms with Gasteiger partial charge in [0.2, 0.25) is 11.7 Å². The zero-order chi connectivity index (χ0) is 18.5. The van der Waals surface area contributed by atoms with Crippen LogP contribution in [0.4, 0.5) is 11.4 Å². The zero-order valence-corrected chi connectivity index (χ0v) is 15.9. The van der Waals surface area contributed by atoms with Gasteiger partial charge in [0.25, 0.3) is 0 Å². The fraction of sp³-hybridized carbons (Fsp3) is 0.316. The number of amides is 1. The highest BCUT2D eigenvalue weighted by atomic mass is 32.2. The highest BCUT2D eigenvalue weighted by Gasteiger charge is 2.20. The van der Waals surface area contributed by atoms with Crippen molar-refractivity contribution >= 4 is 29.0 Å². The molecule has 0 atom stereocenters. The Balaban J connectivity index is 1.75. The first-order valence-corrected chi connectivity index (χ1v) is 9.21. The summed E-state index contributed by atoms with van der Waals surface area (Å²) in [6.45, 7) is 1.12. The largest absolute Gasteiger partial charge is 0.493 e. The monoisotopic (exact) mass is 374 g/mol. The number of nitrogens with zero attached hydrogens (tertiary/aromatic N) is 1. The molecule has 138 valence electrons. The summed E-state index contributed by atoms with van der Waals surface area (Å²) in [5, 5.41) is 2.92. The van der Waals surface area contributed by atoms with Gasteiger partial charge in [-0.05, 0) is 12.1 Å². The Labute approximate surface area is 157 Å². The van der Waals surface area contributed by atoms with Crippen LogP contribution in [-0.2, 0) is 4.79 Å². The summed E-state index contributed by atoms with van der Waals surface area (Å²) in [6, 6.07) is 11.6. The number of ether oxygens (including phenoxy) is 3. The first kappa shape index (κ1) is 18.3. The van der Waals surface area contributed by atoms with Crippen LogP contribution in [0, 0.1) is 0 Å². The fourth-order valence-corrected chi connectivity index (χ4v) is 3.97. The molecule has 0 saturated carbocycles. The van der Waals surface area contributed by atoms with E-state index in [2.05, 4.69) is 16.3 Å². The van der Waals surface area contributed by atoms with Crippen molar-refractivity contribution in [2.24, 2.45) is 0 Å². The molecule has 7 heteroatoms. The third kappa shape index (κ3) is 3.83. The van der Waals surface area contributed by atoms with Gasteiger partial charge in [0.1, 0.15) is 0 Å². The molecular formula is C19H22N2O4S. The van der Waals surface area contributed by atoms with Crippen LogP contribution >= 0.6 is 11.8 Å². The molecular weight excluding hydrogens is 352 g/mol. The number of nitrogens with one attached hydrogen (secondary N) is 1. The van der Waals surface area contributed by atoms with Gasteiger partial charge < -0.3 is 24.4 Å². The van der Waals surface area contributed by atoms with Crippen LogP contribution in [0.1, 0.15) is 0 Å². The second-order valence-corrected chi connectivity index (χ2v) is 6.84. The van der Waals surface area contributed by atoms with Crippen molar-refractivity contribution in [2.75, 3.05) is 50.4 Å². The SMILES string of the molecule is COc1cc(NC(=O)CN2CCSc3ccccc32)cc(OC)c1OC. The molecule has 2 aromatic carbocycles. The van der Waals surface area contributed by atoms with Crippen molar-refractivity contribution in [3.63, 3.8) is 0 Å². The molecule has 6 nitrogen and oxygen atoms in total. The highest BCUT2D eigenvalue weighted by Crippen LogP contribution is 2.40. The van der Waals surface area contributed by atoms with Gasteiger partial charge in [0, 0.05) is 35.0 Å². The van der Waals surface area contributed by atoms with Crippen LogP contribution in [0.3, 0.4) is 0 Å². The second-order valence-electron chi connectivity index (χ2n) is 5.70. The average Bonchev–Trinajstić information content (AvgIpc) is 2.67. The van der Waals surface area contributed by atoms with E-state index in [0.717, 1.165) is 18.0 Å². The predicted octanol–water partition coefficient (Wildman–Crippen LogP) is 3.26. The summed E-state index contributed by atoms with van der Waals surface area (Å²) < 4.78 is 16.0. The fourth-order valence-electron chi connectivity index (χ4n) is 2.92. The van der Waals surface area contributed by atoms with Crippen molar-refractivity contribution < 1.29 is 19.0 Å². The summed E-state index contributed by atoms with van der Waals surface area (Å²) in [7, 11) is 4.64. The Morgan fingerprint density at radius 3 is 2.46 bits per heavy atom. The van der Waals surface area contributed by atoms with Gasteiger partial charge in [-0.15, -0.1) is 11.8 Å². The number of carbonyl (C=O) groups is 1. The Kier molecular flexibility index (Phi) is 5.78. The van der Waals surface area contributed by atoms with Gasteiger partial charge in [-0.3, -0.25) is 4.79 Å². The molecule has 0 aliphatic carbocycles. The standard InChI is InChI=1S/C19H22N2O4S/c1-23-15-10-13(11-16(24-2)19(15)25-3)20-18(22)12-21-8-9-26-17-7-5-4-6-14(17)21/h4-7,10-11H,8-9,12H2,1-3H3,(H,20,22). The Morgan fingerprint density at radius 1 is 1.12 bits per heavy atom. The molecule has 26 heavy (non-hydrogen) atoms. The molecule has 1 heterocycles. The van der Waals surface area contributed by atoms with E-state index in [1.807, 2.05) is 30.0 Å². The average molecular weight is 374 g/mol. The molecule has 3 rings (SSSR count). The first-order chi connectivity index (χ1) is 12.7. The minimum atomic E-state index is -0.0963. The third-order valence-corrected chi connectivity index (χ3v) is 5.15. The van der Waals surface area contributed by atoms with Crippen molar-refractivity contribution in [2.45, 2.75) is 4.90 Å². The number of methoxy groups -OCH3 is 3. The Bertz CT molecular complexity index is 772. The lowest BCUT2D eigenvalue weighted by Crippen LogP contribution is -2.36. The molecule has 1 aliphatic rings. The number of rotatable bonds is 6. The van der Waals surface area contributed by atoms with Crippen LogP contribution in [0.15, 0.2) is 41.3 Å². The summed E-state index contributed by atoms with van der Waals surface area (Å²) in [6.07, 6.45) is 0. The highest BCUT2D eigenvalue weighted by molar-refractivity contribution is 7.99. The Morgan fingerprint density at radius 2 is 1.81 bits per heavy atom. The van der Waals surface area contributed by atoms with Gasteiger partial charge in [0.05, 0.1) is 33.6 Å². The van der Waals surface area contributed by atoms with Gasteiger partial charge >= 0.3 is 0 Å². The van der Waals surface area contributed by atoms with Gasteiger partial charge in [-0.1, -0.05) is 12.1 Å². The van der Waals surface area contributed by atoms with Gasteiger partial charge in [-0.25, -0.2) is 0 Å². The topological polar surface area (TPSA) is 60.0 Å². The maximum Gasteiger partial charge on any atom is 0.243 e. The molecule has 1 amide bonds. The molecule has 0 bridgehead atoms. The first-order valence-electron chi connectivity index (χ1n) is 8.23. The molecule has 1 N–H and O–H groups in total. The van der Waals surface area contributed by atoms with Crippen molar-refractivity contribution in [1.29, 1.82) is 0 Å². The minimum absolute atomic E-state index is 0.0963. The van der Waals surface area contributed by atoms with E-state index in [4.69, 9.17) is 14.2 Å². The molecule has 1 aliphatic heterocycles. The number of fused-ring (bicyclic) bond motifs is 1. The molecule has 0 fully saturated rings. The quantitative estimate of drug-likeness (QED) is 0.837. The normalized spacial score (nSPS) is 13.0. The number of hydrogen-bond donors (Lipinski definition) is 1. The summed E-state index contributed by atoms with van der Waals surface area (Å²) in [4.78, 5) is 15.9. The minimum Gasteiger partial charge on any atom is -0.493 e. The van der Waals surface area contributed by atoms with Crippen molar-refractivity contribution in [3.8, 4) is 17.2 Å². The maximum atomic E-state index is 12.6. The maximum absolute atomic E-state index is 12.6. The summed E-state index contributed by atoms with van der Waals surface area (Å²) in [5.74, 6) is 2.37. The van der Waals surface area contributed by atoms with Crippen molar-refractivity contribution in [1.82, 2.24) is 0 Å². The molecule has 0 saturated heterocycles. The van der Waals surface area contributed by atoms with Crippen LogP contribution in [0.5, 0.6) is 17.2 Å². The van der Waals surface area contributed by atoms with E-state index in [9.17, 15) is 4.79 Å². The Hall–Kier alpha value is -2.54. The number of thioether (sulfide) groups is 1. The lowest BCUT2D eigenvalue weighted by Gasteiger charge is -2.30. The number of para-hydroxylation sites is 1. The molecule has 0 unspecified atom stereocenters. The van der Waals surface area contributed by atoms with E-state index in [1.165, 1.54) is 4.90 Å². The van der Waals surface area contributed by atoms with Crippen molar-refractivity contribution in [3.05, 3.63) is 36.4 Å². The number of carbonyl (C=O) groups excluding carboxylic acids is 1. The van der Waals surface area contributed by atoms with Crippen LogP contribution in [0.25, 0.3) is 0 Å². The number of anilines is 2. The lowest BCUT2D eigenvalue weighted by atomic mass is 10.2. The predicted molar refractivity (Wildman–Crippen MR) is 104 cm³/mol. The zero-order valence-electron chi connectivity index (χ0n) is 15.1. The summed E-state index contributed by atoms with van der Waals surface area (Å²) >= 11 is 1.82. The number of benzene rings is 2.